The number of amides is 1. The molecule has 7 heteroatoms. The Bertz CT molecular complexity index is 732. The van der Waals surface area contributed by atoms with E-state index in [4.69, 9.17) is 5.73 Å². The third-order valence-corrected chi connectivity index (χ3v) is 3.53. The van der Waals surface area contributed by atoms with E-state index >= 15 is 0 Å². The number of carbonyl (C=O) groups is 1. The van der Waals surface area contributed by atoms with Crippen LogP contribution in [0.1, 0.15) is 15.5 Å². The van der Waals surface area contributed by atoms with Crippen LogP contribution in [0, 0.1) is 0 Å². The minimum atomic E-state index is -0.241. The van der Waals surface area contributed by atoms with Gasteiger partial charge in [-0.25, -0.2) is 4.98 Å². The van der Waals surface area contributed by atoms with Crippen LogP contribution < -0.4 is 11.1 Å². The minimum Gasteiger partial charge on any atom is -0.325 e. The van der Waals surface area contributed by atoms with Gasteiger partial charge in [0, 0.05) is 23.0 Å². The average molecular weight is 273 g/mol. The lowest BCUT2D eigenvalue weighted by molar-refractivity contribution is 0.102. The van der Waals surface area contributed by atoms with E-state index in [1.165, 1.54) is 11.3 Å². The zero-order chi connectivity index (χ0) is 13.2. The number of rotatable bonds is 3. The summed E-state index contributed by atoms with van der Waals surface area (Å²) in [5.41, 5.74) is 7.43. The summed E-state index contributed by atoms with van der Waals surface area (Å²) in [6, 6.07) is 5.54. The molecule has 96 valence electrons. The molecule has 19 heavy (non-hydrogen) atoms. The fourth-order valence-corrected chi connectivity index (χ4v) is 2.37. The molecule has 0 saturated heterocycles. The largest absolute Gasteiger partial charge is 0.325 e. The summed E-state index contributed by atoms with van der Waals surface area (Å²) >= 11 is 1.38. The maximum Gasteiger partial charge on any atom is 0.275 e. The zero-order valence-corrected chi connectivity index (χ0v) is 10.7. The van der Waals surface area contributed by atoms with E-state index < -0.39 is 0 Å². The van der Waals surface area contributed by atoms with Crippen molar-refractivity contribution in [2.24, 2.45) is 5.73 Å². The summed E-state index contributed by atoms with van der Waals surface area (Å²) in [4.78, 5) is 16.1. The highest BCUT2D eigenvalue weighted by Gasteiger charge is 2.10. The first-order valence-electron chi connectivity index (χ1n) is 5.65. The number of benzene rings is 1. The maximum atomic E-state index is 12.0. The summed E-state index contributed by atoms with van der Waals surface area (Å²) in [6.45, 7) is 0.345. The molecule has 4 N–H and O–H groups in total. The Hall–Kier alpha value is -2.25. The van der Waals surface area contributed by atoms with Gasteiger partial charge in [0.25, 0.3) is 5.91 Å². The number of H-pyrrole nitrogens is 1. The van der Waals surface area contributed by atoms with E-state index in [1.807, 2.05) is 18.2 Å². The lowest BCUT2D eigenvalue weighted by Crippen LogP contribution is -2.12. The quantitative estimate of drug-likeness (QED) is 0.677. The Morgan fingerprint density at radius 3 is 3.16 bits per heavy atom. The standard InChI is InChI=1S/C12H11N5OS/c13-4-11-16-10(6-19-11)12(18)15-8-2-1-7-5-14-17-9(7)3-8/h1-3,5-6H,4,13H2,(H,14,17)(H,15,18). The van der Waals surface area contributed by atoms with E-state index in [2.05, 4.69) is 20.5 Å². The second-order valence-corrected chi connectivity index (χ2v) is 4.90. The minimum absolute atomic E-state index is 0.241. The number of thiazole rings is 1. The first kappa shape index (κ1) is 11.8. The van der Waals surface area contributed by atoms with Crippen molar-refractivity contribution >= 4 is 33.8 Å². The highest BCUT2D eigenvalue weighted by atomic mass is 32.1. The number of hydrogen-bond donors (Lipinski definition) is 3. The van der Waals surface area contributed by atoms with Crippen molar-refractivity contribution in [1.82, 2.24) is 15.2 Å². The smallest absolute Gasteiger partial charge is 0.275 e. The second-order valence-electron chi connectivity index (χ2n) is 3.96. The molecule has 0 aliphatic rings. The van der Waals surface area contributed by atoms with Gasteiger partial charge < -0.3 is 11.1 Å². The number of aromatic amines is 1. The predicted octanol–water partition coefficient (Wildman–Crippen LogP) is 1.73. The Morgan fingerprint density at radius 2 is 2.37 bits per heavy atom. The molecule has 0 aliphatic heterocycles. The number of nitrogens with one attached hydrogen (secondary N) is 2. The Balaban J connectivity index is 1.81. The molecule has 3 rings (SSSR count). The summed E-state index contributed by atoms with van der Waals surface area (Å²) in [5.74, 6) is -0.241. The molecule has 1 amide bonds. The molecule has 0 fully saturated rings. The van der Waals surface area contributed by atoms with Gasteiger partial charge in [-0.3, -0.25) is 9.89 Å². The normalized spacial score (nSPS) is 10.8. The number of nitrogens with two attached hydrogens (primary N) is 1. The van der Waals surface area contributed by atoms with E-state index in [9.17, 15) is 4.79 Å². The van der Waals surface area contributed by atoms with Crippen molar-refractivity contribution < 1.29 is 4.79 Å². The van der Waals surface area contributed by atoms with Gasteiger partial charge in [0.15, 0.2) is 0 Å². The average Bonchev–Trinajstić information content (AvgIpc) is 3.06. The summed E-state index contributed by atoms with van der Waals surface area (Å²) < 4.78 is 0. The molecule has 0 aliphatic carbocycles. The van der Waals surface area contributed by atoms with Gasteiger partial charge in [-0.05, 0) is 18.2 Å². The van der Waals surface area contributed by atoms with E-state index in [0.717, 1.165) is 15.9 Å². The molecule has 2 aromatic heterocycles. The zero-order valence-electron chi connectivity index (χ0n) is 9.88. The Kier molecular flexibility index (Phi) is 2.98. The van der Waals surface area contributed by atoms with Gasteiger partial charge in [-0.1, -0.05) is 0 Å². The Labute approximate surface area is 112 Å². The van der Waals surface area contributed by atoms with Crippen molar-refractivity contribution in [2.45, 2.75) is 6.54 Å². The Morgan fingerprint density at radius 1 is 1.47 bits per heavy atom. The van der Waals surface area contributed by atoms with Crippen LogP contribution in [-0.2, 0) is 6.54 Å². The van der Waals surface area contributed by atoms with Gasteiger partial charge in [-0.2, -0.15) is 5.10 Å². The van der Waals surface area contributed by atoms with Crippen LogP contribution in [0.2, 0.25) is 0 Å². The van der Waals surface area contributed by atoms with Crippen LogP contribution in [0.5, 0.6) is 0 Å². The number of nitrogens with zero attached hydrogens (tertiary/aromatic N) is 2. The fraction of sp³-hybridized carbons (Fsp3) is 0.0833. The van der Waals surface area contributed by atoms with Gasteiger partial charge in [0.05, 0.1) is 11.7 Å². The van der Waals surface area contributed by atoms with Crippen molar-refractivity contribution in [3.63, 3.8) is 0 Å². The number of fused-ring (bicyclic) bond motifs is 1. The molecule has 0 unspecified atom stereocenters. The van der Waals surface area contributed by atoms with Crippen LogP contribution in [0.4, 0.5) is 5.69 Å². The molecule has 0 spiro atoms. The van der Waals surface area contributed by atoms with Crippen molar-refractivity contribution in [3.05, 3.63) is 40.5 Å². The topological polar surface area (TPSA) is 96.7 Å². The van der Waals surface area contributed by atoms with Gasteiger partial charge in [-0.15, -0.1) is 11.3 Å². The molecule has 0 radical (unpaired) electrons. The highest BCUT2D eigenvalue weighted by Crippen LogP contribution is 2.17. The van der Waals surface area contributed by atoms with Crippen LogP contribution in [0.15, 0.2) is 29.8 Å². The van der Waals surface area contributed by atoms with Crippen LogP contribution >= 0.6 is 11.3 Å². The molecule has 6 nitrogen and oxygen atoms in total. The molecular weight excluding hydrogens is 262 g/mol. The molecule has 0 bridgehead atoms. The van der Waals surface area contributed by atoms with Crippen LogP contribution in [-0.4, -0.2) is 21.1 Å². The van der Waals surface area contributed by atoms with Crippen molar-refractivity contribution in [3.8, 4) is 0 Å². The SMILES string of the molecule is NCc1nc(C(=O)Nc2ccc3cn[nH]c3c2)cs1. The molecule has 2 heterocycles. The lowest BCUT2D eigenvalue weighted by atomic mass is 10.2. The van der Waals surface area contributed by atoms with E-state index in [0.29, 0.717) is 17.9 Å². The number of anilines is 1. The first-order chi connectivity index (χ1) is 9.26. The van der Waals surface area contributed by atoms with Gasteiger partial charge >= 0.3 is 0 Å². The fourth-order valence-electron chi connectivity index (χ4n) is 1.72. The molecule has 1 aromatic carbocycles. The number of aromatic nitrogens is 3. The van der Waals surface area contributed by atoms with Gasteiger partial charge in [0.2, 0.25) is 0 Å². The van der Waals surface area contributed by atoms with E-state index in [-0.39, 0.29) is 5.91 Å². The molecule has 0 atom stereocenters. The van der Waals surface area contributed by atoms with Crippen molar-refractivity contribution in [2.75, 3.05) is 5.32 Å². The highest BCUT2D eigenvalue weighted by molar-refractivity contribution is 7.09. The first-order valence-corrected chi connectivity index (χ1v) is 6.53. The van der Waals surface area contributed by atoms with Crippen LogP contribution in [0.3, 0.4) is 0 Å². The summed E-state index contributed by atoms with van der Waals surface area (Å²) in [5, 5.41) is 13.0. The molecule has 3 aromatic rings. The van der Waals surface area contributed by atoms with Crippen molar-refractivity contribution in [1.29, 1.82) is 0 Å². The number of carbonyl (C=O) groups excluding carboxylic acids is 1. The lowest BCUT2D eigenvalue weighted by Gasteiger charge is -2.02. The second kappa shape index (κ2) is 4.79. The number of hydrogen-bond acceptors (Lipinski definition) is 5. The van der Waals surface area contributed by atoms with E-state index in [1.54, 1.807) is 11.6 Å². The third-order valence-electron chi connectivity index (χ3n) is 2.66. The monoisotopic (exact) mass is 273 g/mol. The maximum absolute atomic E-state index is 12.0. The van der Waals surface area contributed by atoms with Crippen LogP contribution in [0.25, 0.3) is 10.9 Å². The summed E-state index contributed by atoms with van der Waals surface area (Å²) in [6.07, 6.45) is 1.73. The molecular formula is C12H11N5OS. The third kappa shape index (κ3) is 2.33. The predicted molar refractivity (Wildman–Crippen MR) is 74.1 cm³/mol. The molecule has 0 saturated carbocycles. The summed E-state index contributed by atoms with van der Waals surface area (Å²) in [7, 11) is 0. The van der Waals surface area contributed by atoms with Gasteiger partial charge in [0.1, 0.15) is 10.7 Å².